The summed E-state index contributed by atoms with van der Waals surface area (Å²) in [6.07, 6.45) is 1.09. The molecule has 0 spiro atoms. The molecule has 0 aromatic rings. The molecule has 124 valence electrons. The first-order valence-corrected chi connectivity index (χ1v) is 8.25. The van der Waals surface area contributed by atoms with Crippen molar-refractivity contribution in [2.45, 2.75) is 40.2 Å². The van der Waals surface area contributed by atoms with Crippen molar-refractivity contribution in [3.63, 3.8) is 0 Å². The van der Waals surface area contributed by atoms with Crippen molar-refractivity contribution in [3.8, 4) is 0 Å². The van der Waals surface area contributed by atoms with Crippen LogP contribution >= 0.6 is 0 Å². The van der Waals surface area contributed by atoms with Gasteiger partial charge >= 0.3 is 0 Å². The smallest absolute Gasteiger partial charge is 0.224 e. The van der Waals surface area contributed by atoms with Crippen molar-refractivity contribution >= 4 is 5.91 Å². The zero-order valence-electron chi connectivity index (χ0n) is 14.1. The molecule has 1 aliphatic rings. The fourth-order valence-corrected chi connectivity index (χ4v) is 2.88. The van der Waals surface area contributed by atoms with Crippen LogP contribution in [0.2, 0.25) is 0 Å². The number of amides is 1. The minimum atomic E-state index is -0.0885. The van der Waals surface area contributed by atoms with Crippen LogP contribution in [0.25, 0.3) is 0 Å². The molecule has 1 rings (SSSR count). The number of hydrogen-bond donors (Lipinski definition) is 2. The Morgan fingerprint density at radius 2 is 1.86 bits per heavy atom. The zero-order valence-corrected chi connectivity index (χ0v) is 14.1. The first-order chi connectivity index (χ1) is 9.95. The van der Waals surface area contributed by atoms with Crippen molar-refractivity contribution in [3.05, 3.63) is 0 Å². The van der Waals surface area contributed by atoms with Crippen molar-refractivity contribution in [2.75, 3.05) is 39.4 Å². The fourth-order valence-electron chi connectivity index (χ4n) is 2.88. The van der Waals surface area contributed by atoms with E-state index in [0.29, 0.717) is 25.0 Å². The van der Waals surface area contributed by atoms with E-state index in [2.05, 4.69) is 24.1 Å². The topological polar surface area (TPSA) is 67.6 Å². The van der Waals surface area contributed by atoms with Crippen LogP contribution < -0.4 is 11.1 Å². The van der Waals surface area contributed by atoms with E-state index >= 15 is 0 Å². The van der Waals surface area contributed by atoms with Crippen LogP contribution in [0.4, 0.5) is 0 Å². The van der Waals surface area contributed by atoms with Crippen LogP contribution in [0.15, 0.2) is 0 Å². The van der Waals surface area contributed by atoms with E-state index in [9.17, 15) is 4.79 Å². The number of ether oxygens (including phenoxy) is 1. The Labute approximate surface area is 129 Å². The van der Waals surface area contributed by atoms with Crippen LogP contribution in [-0.2, 0) is 9.53 Å². The summed E-state index contributed by atoms with van der Waals surface area (Å²) in [6, 6.07) is 0.392. The SMILES string of the molecule is CC(C)CC(CNC(=O)C(CN)C(C)C)N1CCOCC1. The molecular weight excluding hydrogens is 266 g/mol. The second-order valence-corrected chi connectivity index (χ2v) is 6.76. The van der Waals surface area contributed by atoms with E-state index in [0.717, 1.165) is 32.7 Å². The summed E-state index contributed by atoms with van der Waals surface area (Å²) in [4.78, 5) is 14.7. The largest absolute Gasteiger partial charge is 0.379 e. The summed E-state index contributed by atoms with van der Waals surface area (Å²) in [5.74, 6) is 0.899. The Morgan fingerprint density at radius 1 is 1.24 bits per heavy atom. The Kier molecular flexibility index (Phi) is 8.22. The Balaban J connectivity index is 2.53. The highest BCUT2D eigenvalue weighted by Gasteiger charge is 2.25. The maximum Gasteiger partial charge on any atom is 0.224 e. The molecule has 5 nitrogen and oxygen atoms in total. The van der Waals surface area contributed by atoms with Crippen LogP contribution in [0.3, 0.4) is 0 Å². The Bertz CT molecular complexity index is 302. The summed E-state index contributed by atoms with van der Waals surface area (Å²) in [6.45, 7) is 13.2. The number of rotatable bonds is 8. The molecular formula is C16H33N3O2. The summed E-state index contributed by atoms with van der Waals surface area (Å²) in [5.41, 5.74) is 5.72. The molecule has 0 radical (unpaired) electrons. The molecule has 1 saturated heterocycles. The lowest BCUT2D eigenvalue weighted by atomic mass is 9.94. The van der Waals surface area contributed by atoms with E-state index in [1.54, 1.807) is 0 Å². The summed E-state index contributed by atoms with van der Waals surface area (Å²) in [5, 5.41) is 3.12. The lowest BCUT2D eigenvalue weighted by molar-refractivity contribution is -0.126. The van der Waals surface area contributed by atoms with Gasteiger partial charge < -0.3 is 15.8 Å². The van der Waals surface area contributed by atoms with Gasteiger partial charge in [0.05, 0.1) is 19.1 Å². The van der Waals surface area contributed by atoms with Crippen molar-refractivity contribution in [1.29, 1.82) is 0 Å². The second kappa shape index (κ2) is 9.38. The van der Waals surface area contributed by atoms with Crippen LogP contribution in [0.5, 0.6) is 0 Å². The summed E-state index contributed by atoms with van der Waals surface area (Å²) in [7, 11) is 0. The summed E-state index contributed by atoms with van der Waals surface area (Å²) < 4.78 is 5.42. The second-order valence-electron chi connectivity index (χ2n) is 6.76. The van der Waals surface area contributed by atoms with Crippen LogP contribution in [-0.4, -0.2) is 56.2 Å². The van der Waals surface area contributed by atoms with E-state index in [4.69, 9.17) is 10.5 Å². The highest BCUT2D eigenvalue weighted by atomic mass is 16.5. The van der Waals surface area contributed by atoms with Crippen molar-refractivity contribution in [2.24, 2.45) is 23.5 Å². The fraction of sp³-hybridized carbons (Fsp3) is 0.938. The zero-order chi connectivity index (χ0) is 15.8. The van der Waals surface area contributed by atoms with Crippen molar-refractivity contribution < 1.29 is 9.53 Å². The van der Waals surface area contributed by atoms with Gasteiger partial charge in [-0.1, -0.05) is 27.7 Å². The van der Waals surface area contributed by atoms with Crippen LogP contribution in [0, 0.1) is 17.8 Å². The van der Waals surface area contributed by atoms with Gasteiger partial charge in [0.1, 0.15) is 0 Å². The molecule has 2 unspecified atom stereocenters. The molecule has 3 N–H and O–H groups in total. The average Bonchev–Trinajstić information content (AvgIpc) is 2.44. The predicted molar refractivity (Wildman–Crippen MR) is 86.0 cm³/mol. The van der Waals surface area contributed by atoms with Gasteiger partial charge in [-0.2, -0.15) is 0 Å². The van der Waals surface area contributed by atoms with Gasteiger partial charge in [-0.15, -0.1) is 0 Å². The maximum absolute atomic E-state index is 12.3. The Morgan fingerprint density at radius 3 is 2.33 bits per heavy atom. The number of carbonyl (C=O) groups is 1. The normalized spacial score (nSPS) is 19.8. The molecule has 2 atom stereocenters. The molecule has 0 aromatic carbocycles. The molecule has 5 heteroatoms. The molecule has 1 heterocycles. The lowest BCUT2D eigenvalue weighted by Gasteiger charge is -2.36. The number of carbonyl (C=O) groups excluding carboxylic acids is 1. The van der Waals surface area contributed by atoms with Gasteiger partial charge in [0.2, 0.25) is 5.91 Å². The maximum atomic E-state index is 12.3. The van der Waals surface area contributed by atoms with Gasteiger partial charge in [0.25, 0.3) is 0 Å². The monoisotopic (exact) mass is 299 g/mol. The quantitative estimate of drug-likeness (QED) is 0.704. The first-order valence-electron chi connectivity index (χ1n) is 8.25. The number of nitrogens with two attached hydrogens (primary N) is 1. The van der Waals surface area contributed by atoms with E-state index in [-0.39, 0.29) is 17.7 Å². The minimum Gasteiger partial charge on any atom is -0.379 e. The van der Waals surface area contributed by atoms with E-state index in [1.807, 2.05) is 13.8 Å². The third-order valence-corrected chi connectivity index (χ3v) is 4.21. The molecule has 1 amide bonds. The van der Waals surface area contributed by atoms with Gasteiger partial charge in [0.15, 0.2) is 0 Å². The molecule has 0 aliphatic carbocycles. The third-order valence-electron chi connectivity index (χ3n) is 4.21. The van der Waals surface area contributed by atoms with Crippen LogP contribution in [0.1, 0.15) is 34.1 Å². The lowest BCUT2D eigenvalue weighted by Crippen LogP contribution is -2.50. The minimum absolute atomic E-state index is 0.0885. The standard InChI is InChI=1S/C16H33N3O2/c1-12(2)9-14(19-5-7-21-8-6-19)11-18-16(20)15(10-17)13(3)4/h12-15H,5-11,17H2,1-4H3,(H,18,20). The molecule has 0 saturated carbocycles. The van der Waals surface area contributed by atoms with Gasteiger partial charge in [-0.25, -0.2) is 0 Å². The van der Waals surface area contributed by atoms with Gasteiger partial charge in [-0.05, 0) is 18.3 Å². The molecule has 1 aliphatic heterocycles. The highest BCUT2D eigenvalue weighted by molar-refractivity contribution is 5.79. The number of hydrogen-bond acceptors (Lipinski definition) is 4. The number of nitrogens with zero attached hydrogens (tertiary/aromatic N) is 1. The number of morpholine rings is 1. The third kappa shape index (κ3) is 6.32. The summed E-state index contributed by atoms with van der Waals surface area (Å²) >= 11 is 0. The van der Waals surface area contributed by atoms with E-state index < -0.39 is 0 Å². The number of nitrogens with one attached hydrogen (secondary N) is 1. The molecule has 0 bridgehead atoms. The average molecular weight is 299 g/mol. The Hall–Kier alpha value is -0.650. The first kappa shape index (κ1) is 18.4. The van der Waals surface area contributed by atoms with E-state index in [1.165, 1.54) is 0 Å². The molecule has 21 heavy (non-hydrogen) atoms. The molecule has 1 fully saturated rings. The van der Waals surface area contributed by atoms with Gasteiger partial charge in [0, 0.05) is 32.2 Å². The van der Waals surface area contributed by atoms with Crippen molar-refractivity contribution in [1.82, 2.24) is 10.2 Å². The highest BCUT2D eigenvalue weighted by Crippen LogP contribution is 2.14. The molecule has 0 aromatic heterocycles. The van der Waals surface area contributed by atoms with Gasteiger partial charge in [-0.3, -0.25) is 9.69 Å². The predicted octanol–water partition coefficient (Wildman–Crippen LogP) is 1.08.